The highest BCUT2D eigenvalue weighted by atomic mass is 16.4. The van der Waals surface area contributed by atoms with Gasteiger partial charge in [0.25, 0.3) is 0 Å². The molecule has 0 amide bonds. The van der Waals surface area contributed by atoms with Crippen LogP contribution in [0.15, 0.2) is 29.4 Å². The van der Waals surface area contributed by atoms with Gasteiger partial charge in [0.15, 0.2) is 0 Å². The van der Waals surface area contributed by atoms with Crippen LogP contribution in [-0.4, -0.2) is 122 Å². The Labute approximate surface area is 214 Å². The van der Waals surface area contributed by atoms with Crippen LogP contribution in [0, 0.1) is 0 Å². The summed E-state index contributed by atoms with van der Waals surface area (Å²) in [6.07, 6.45) is 0.324. The van der Waals surface area contributed by atoms with E-state index in [2.05, 4.69) is 5.11 Å². The molecule has 2 rings (SSSR count). The standard InChI is InChI=1S/C23H34N6O8/c24-25-18-3-1-17(2-4-18)11-19-12-28(15-22(34)35)8-7-26(13-20(30)31)5-6-27(14-21(32)33)9-10-29(19)16-23(36)37/h1-4,19,24H,5-16H2,(H,30,31)(H,32,33)(H,34,35)(H,36,37)/p-3. The number of hydrogen-bond acceptors (Lipinski definition) is 13. The summed E-state index contributed by atoms with van der Waals surface area (Å²) in [6, 6.07) is 6.40. The molecule has 1 unspecified atom stereocenters. The molecular weight excluding hydrogens is 488 g/mol. The van der Waals surface area contributed by atoms with E-state index in [1.807, 2.05) is 0 Å². The number of nitrogens with zero attached hydrogens (tertiary/aromatic N) is 5. The number of carbonyl (C=O) groups is 4. The first-order valence-electron chi connectivity index (χ1n) is 11.8. The van der Waals surface area contributed by atoms with Crippen molar-refractivity contribution < 1.29 is 45.1 Å². The zero-order chi connectivity index (χ0) is 27.4. The molecule has 0 aliphatic carbocycles. The van der Waals surface area contributed by atoms with Crippen molar-refractivity contribution in [3.8, 4) is 0 Å². The molecule has 204 valence electrons. The Bertz CT molecular complexity index is 944. The van der Waals surface area contributed by atoms with Gasteiger partial charge < -0.3 is 39.6 Å². The minimum Gasteiger partial charge on any atom is -0.549 e. The third-order valence-corrected chi connectivity index (χ3v) is 6.10. The zero-order valence-electron chi connectivity index (χ0n) is 20.5. The largest absolute Gasteiger partial charge is 0.549 e. The van der Waals surface area contributed by atoms with E-state index in [4.69, 9.17) is 5.53 Å². The van der Waals surface area contributed by atoms with Gasteiger partial charge in [-0.05, 0) is 29.2 Å². The quantitative estimate of drug-likeness (QED) is 0.270. The number of rotatable bonds is 11. The molecule has 1 aromatic carbocycles. The monoisotopic (exact) mass is 519 g/mol. The molecule has 1 heterocycles. The van der Waals surface area contributed by atoms with Crippen molar-refractivity contribution >= 4 is 29.6 Å². The highest BCUT2D eigenvalue weighted by Crippen LogP contribution is 2.16. The van der Waals surface area contributed by atoms with E-state index in [1.54, 1.807) is 34.1 Å². The third kappa shape index (κ3) is 11.4. The van der Waals surface area contributed by atoms with Crippen LogP contribution in [0.1, 0.15) is 5.56 Å². The highest BCUT2D eigenvalue weighted by molar-refractivity contribution is 5.68. The van der Waals surface area contributed by atoms with Crippen LogP contribution in [0.4, 0.5) is 5.69 Å². The van der Waals surface area contributed by atoms with E-state index in [0.717, 1.165) is 5.56 Å². The molecule has 0 aromatic heterocycles. The summed E-state index contributed by atoms with van der Waals surface area (Å²) in [7, 11) is 0. The lowest BCUT2D eigenvalue weighted by atomic mass is 10.0. The van der Waals surface area contributed by atoms with Crippen LogP contribution in [0.3, 0.4) is 0 Å². The number of hydrogen-bond donors (Lipinski definition) is 1. The Morgan fingerprint density at radius 3 is 1.59 bits per heavy atom. The summed E-state index contributed by atoms with van der Waals surface area (Å²) >= 11 is 0. The molecule has 14 nitrogen and oxygen atoms in total. The number of carbonyl (C=O) groups excluding carboxylic acids is 4. The van der Waals surface area contributed by atoms with Crippen LogP contribution in [0.25, 0.3) is 0 Å². The van der Waals surface area contributed by atoms with Crippen LogP contribution >= 0.6 is 0 Å². The predicted molar refractivity (Wildman–Crippen MR) is 119 cm³/mol. The average Bonchev–Trinajstić information content (AvgIpc) is 2.81. The first-order valence-corrected chi connectivity index (χ1v) is 11.8. The first kappa shape index (κ1) is 29.8. The van der Waals surface area contributed by atoms with Gasteiger partial charge in [-0.25, -0.2) is 0 Å². The van der Waals surface area contributed by atoms with Gasteiger partial charge in [0.1, 0.15) is 5.69 Å². The SMILES string of the molecule is [NH2+]=Nc1ccc(CC2CN(CC(=O)[O-])CCN(CC(=O)[O-])CCN(CC(=O)[O-])CCN2CC(=O)[O-])cc1. The Kier molecular flexibility index (Phi) is 12.0. The van der Waals surface area contributed by atoms with Crippen LogP contribution in [0.5, 0.6) is 0 Å². The molecule has 1 fully saturated rings. The summed E-state index contributed by atoms with van der Waals surface area (Å²) in [5, 5.41) is 49.2. The van der Waals surface area contributed by atoms with E-state index >= 15 is 0 Å². The lowest BCUT2D eigenvalue weighted by Crippen LogP contribution is -2.55. The molecule has 0 spiro atoms. The van der Waals surface area contributed by atoms with Crippen LogP contribution in [-0.2, 0) is 25.6 Å². The second-order valence-corrected chi connectivity index (χ2v) is 8.90. The summed E-state index contributed by atoms with van der Waals surface area (Å²) in [6.45, 7) is -0.747. The van der Waals surface area contributed by atoms with Gasteiger partial charge in [-0.2, -0.15) is 5.53 Å². The van der Waals surface area contributed by atoms with Gasteiger partial charge >= 0.3 is 0 Å². The fraction of sp³-hybridized carbons (Fsp3) is 0.565. The van der Waals surface area contributed by atoms with E-state index in [1.165, 1.54) is 9.80 Å². The first-order chi connectivity index (χ1) is 17.5. The molecule has 0 bridgehead atoms. The Morgan fingerprint density at radius 1 is 0.703 bits per heavy atom. The second kappa shape index (κ2) is 14.9. The maximum absolute atomic E-state index is 11.6. The molecule has 1 saturated heterocycles. The number of benzene rings is 1. The number of aliphatic carboxylic acids is 4. The second-order valence-electron chi connectivity index (χ2n) is 8.90. The van der Waals surface area contributed by atoms with E-state index in [0.29, 0.717) is 12.1 Å². The molecule has 0 saturated carbocycles. The topological polar surface area (TPSA) is 211 Å². The molecule has 1 atom stereocenters. The van der Waals surface area contributed by atoms with Gasteiger partial charge in [0.05, 0.1) is 23.9 Å². The maximum atomic E-state index is 11.6. The predicted octanol–water partition coefficient (Wildman–Crippen LogP) is -7.34. The normalized spacial score (nSPS) is 19.4. The molecule has 2 N–H and O–H groups in total. The van der Waals surface area contributed by atoms with Gasteiger partial charge in [-0.15, -0.1) is 0 Å². The molecule has 1 aliphatic heterocycles. The van der Waals surface area contributed by atoms with E-state index in [9.17, 15) is 39.6 Å². The zero-order valence-corrected chi connectivity index (χ0v) is 20.5. The fourth-order valence-corrected chi connectivity index (χ4v) is 4.31. The average molecular weight is 520 g/mol. The van der Waals surface area contributed by atoms with Gasteiger partial charge in [-0.1, -0.05) is 12.1 Å². The minimum atomic E-state index is -1.34. The van der Waals surface area contributed by atoms with Gasteiger partial charge in [-0.3, -0.25) is 19.6 Å². The number of carboxylic acids is 4. The third-order valence-electron chi connectivity index (χ3n) is 6.10. The highest BCUT2D eigenvalue weighted by Gasteiger charge is 2.25. The van der Waals surface area contributed by atoms with Crippen molar-refractivity contribution in [2.75, 3.05) is 72.0 Å². The van der Waals surface area contributed by atoms with Crippen molar-refractivity contribution in [3.05, 3.63) is 29.8 Å². The van der Waals surface area contributed by atoms with Crippen LogP contribution in [0.2, 0.25) is 0 Å². The minimum absolute atomic E-state index is 0.115. The van der Waals surface area contributed by atoms with Crippen molar-refractivity contribution in [1.29, 1.82) is 0 Å². The van der Waals surface area contributed by atoms with E-state index < -0.39 is 56.1 Å². The maximum Gasteiger partial charge on any atom is 0.129 e. The fourth-order valence-electron chi connectivity index (χ4n) is 4.31. The Morgan fingerprint density at radius 2 is 1.14 bits per heavy atom. The van der Waals surface area contributed by atoms with Gasteiger partial charge in [0.2, 0.25) is 0 Å². The summed E-state index contributed by atoms with van der Waals surface area (Å²) < 4.78 is 0. The Balaban J connectivity index is 2.40. The lowest BCUT2D eigenvalue weighted by molar-refractivity contribution is -0.309. The Hall–Kier alpha value is -3.46. The number of carboxylic acid groups (broad SMARTS) is 4. The van der Waals surface area contributed by atoms with Gasteiger partial charge in [0, 0.05) is 78.0 Å². The molecule has 37 heavy (non-hydrogen) atoms. The van der Waals surface area contributed by atoms with Crippen molar-refractivity contribution in [2.24, 2.45) is 5.11 Å². The van der Waals surface area contributed by atoms with Crippen molar-refractivity contribution in [2.45, 2.75) is 12.5 Å². The molecular formula is C23H31N6O8-3. The summed E-state index contributed by atoms with van der Waals surface area (Å²) in [4.78, 5) is 51.8. The van der Waals surface area contributed by atoms with Crippen molar-refractivity contribution in [1.82, 2.24) is 19.6 Å². The molecule has 0 radical (unpaired) electrons. The molecule has 14 heteroatoms. The van der Waals surface area contributed by atoms with E-state index in [-0.39, 0.29) is 45.8 Å². The molecule has 1 aliphatic rings. The molecule has 1 aromatic rings. The van der Waals surface area contributed by atoms with Crippen LogP contribution < -0.4 is 26.0 Å². The summed E-state index contributed by atoms with van der Waals surface area (Å²) in [5.41, 5.74) is 6.64. The van der Waals surface area contributed by atoms with Crippen molar-refractivity contribution in [3.63, 3.8) is 0 Å². The number of nitrogens with two attached hydrogens (primary N) is 1. The summed E-state index contributed by atoms with van der Waals surface area (Å²) in [5.74, 6) is -5.33. The smallest absolute Gasteiger partial charge is 0.129 e. The lowest BCUT2D eigenvalue weighted by Gasteiger charge is -2.39.